The van der Waals surface area contributed by atoms with Crippen LogP contribution >= 0.6 is 0 Å². The molecule has 0 radical (unpaired) electrons. The summed E-state index contributed by atoms with van der Waals surface area (Å²) in [4.78, 5) is 10.5. The van der Waals surface area contributed by atoms with E-state index in [1.807, 2.05) is 6.92 Å². The third kappa shape index (κ3) is 3.20. The first-order valence-electron chi connectivity index (χ1n) is 4.52. The summed E-state index contributed by atoms with van der Waals surface area (Å²) in [6.07, 6.45) is -0.227. The van der Waals surface area contributed by atoms with Gasteiger partial charge in [0.1, 0.15) is 12.2 Å². The van der Waals surface area contributed by atoms with E-state index in [4.69, 9.17) is 15.2 Å². The lowest BCUT2D eigenvalue weighted by atomic mass is 10.1. The zero-order valence-electron chi connectivity index (χ0n) is 7.79. The molecule has 0 spiro atoms. The van der Waals surface area contributed by atoms with Crippen molar-refractivity contribution in [2.45, 2.75) is 25.6 Å². The lowest BCUT2D eigenvalue weighted by molar-refractivity contribution is -0.0506. The predicted octanol–water partition coefficient (Wildman–Crippen LogP) is -0.151. The number of hydrogen-bond donors (Lipinski definition) is 2. The largest absolute Gasteiger partial charge is 0.444 e. The molecule has 13 heavy (non-hydrogen) atoms. The van der Waals surface area contributed by atoms with Crippen LogP contribution in [0, 0.1) is 0 Å². The summed E-state index contributed by atoms with van der Waals surface area (Å²) >= 11 is 0. The van der Waals surface area contributed by atoms with Crippen LogP contribution in [-0.2, 0) is 9.47 Å². The zero-order valence-corrected chi connectivity index (χ0v) is 7.79. The molecule has 0 saturated carbocycles. The van der Waals surface area contributed by atoms with Gasteiger partial charge in [0.2, 0.25) is 0 Å². The van der Waals surface area contributed by atoms with E-state index in [2.05, 4.69) is 5.32 Å². The van der Waals surface area contributed by atoms with E-state index < -0.39 is 6.09 Å². The highest BCUT2D eigenvalue weighted by Gasteiger charge is 2.27. The summed E-state index contributed by atoms with van der Waals surface area (Å²) in [5.74, 6) is 0. The van der Waals surface area contributed by atoms with Gasteiger partial charge in [-0.25, -0.2) is 4.79 Å². The minimum Gasteiger partial charge on any atom is -0.444 e. The fourth-order valence-electron chi connectivity index (χ4n) is 1.47. The van der Waals surface area contributed by atoms with E-state index in [0.29, 0.717) is 13.2 Å². The zero-order chi connectivity index (χ0) is 9.68. The van der Waals surface area contributed by atoms with Gasteiger partial charge in [0.15, 0.2) is 0 Å². The van der Waals surface area contributed by atoms with Crippen molar-refractivity contribution in [3.8, 4) is 0 Å². The molecule has 1 saturated heterocycles. The Morgan fingerprint density at radius 1 is 1.62 bits per heavy atom. The number of rotatable bonds is 3. The first kappa shape index (κ1) is 10.3. The first-order chi connectivity index (χ1) is 6.24. The molecule has 2 unspecified atom stereocenters. The standard InChI is InChI=1S/C8H16N2O3/c1-2-12-7-5-10-4-3-6(7)13-8(9)11/h6-7,10H,2-5H2,1H3,(H2,9,11). The number of nitrogens with two attached hydrogens (primary N) is 1. The second-order valence-corrected chi connectivity index (χ2v) is 2.96. The molecule has 0 aliphatic carbocycles. The van der Waals surface area contributed by atoms with E-state index >= 15 is 0 Å². The van der Waals surface area contributed by atoms with Crippen LogP contribution in [0.1, 0.15) is 13.3 Å². The summed E-state index contributed by atoms with van der Waals surface area (Å²) in [6.45, 7) is 4.08. The van der Waals surface area contributed by atoms with Gasteiger partial charge >= 0.3 is 6.09 Å². The van der Waals surface area contributed by atoms with Crippen LogP contribution in [0.15, 0.2) is 0 Å². The minimum atomic E-state index is -0.725. The SMILES string of the molecule is CCOC1CNCCC1OC(N)=O. The number of ether oxygens (including phenoxy) is 2. The molecule has 0 aromatic carbocycles. The fourth-order valence-corrected chi connectivity index (χ4v) is 1.47. The average Bonchev–Trinajstić information content (AvgIpc) is 2.08. The highest BCUT2D eigenvalue weighted by atomic mass is 16.6. The molecule has 1 aliphatic rings. The number of amides is 1. The minimum absolute atomic E-state index is 0.0637. The van der Waals surface area contributed by atoms with Crippen LogP contribution in [0.3, 0.4) is 0 Å². The van der Waals surface area contributed by atoms with Gasteiger partial charge in [-0.2, -0.15) is 0 Å². The summed E-state index contributed by atoms with van der Waals surface area (Å²) < 4.78 is 10.3. The summed E-state index contributed by atoms with van der Waals surface area (Å²) in [6, 6.07) is 0. The molecule has 5 nitrogen and oxygen atoms in total. The van der Waals surface area contributed by atoms with Crippen LogP contribution in [0.2, 0.25) is 0 Å². The highest BCUT2D eigenvalue weighted by Crippen LogP contribution is 2.11. The Hall–Kier alpha value is -0.810. The average molecular weight is 188 g/mol. The van der Waals surface area contributed by atoms with Gasteiger partial charge < -0.3 is 20.5 Å². The molecule has 0 aromatic heterocycles. The smallest absolute Gasteiger partial charge is 0.404 e. The van der Waals surface area contributed by atoms with Gasteiger partial charge in [-0.05, 0) is 19.9 Å². The Morgan fingerprint density at radius 2 is 2.38 bits per heavy atom. The lowest BCUT2D eigenvalue weighted by Gasteiger charge is -2.30. The maximum absolute atomic E-state index is 10.5. The second-order valence-electron chi connectivity index (χ2n) is 2.96. The number of carbonyl (C=O) groups excluding carboxylic acids is 1. The Kier molecular flexibility index (Phi) is 3.98. The van der Waals surface area contributed by atoms with Crippen LogP contribution in [0.4, 0.5) is 4.79 Å². The lowest BCUT2D eigenvalue weighted by Crippen LogP contribution is -2.48. The number of carbonyl (C=O) groups is 1. The number of hydrogen-bond acceptors (Lipinski definition) is 4. The van der Waals surface area contributed by atoms with Gasteiger partial charge in [0.05, 0.1) is 0 Å². The molecule has 1 amide bonds. The van der Waals surface area contributed by atoms with Crippen molar-refractivity contribution in [1.29, 1.82) is 0 Å². The number of piperidine rings is 1. The van der Waals surface area contributed by atoms with Gasteiger partial charge in [-0.1, -0.05) is 0 Å². The molecule has 0 aromatic rings. The van der Waals surface area contributed by atoms with Crippen molar-refractivity contribution >= 4 is 6.09 Å². The maximum atomic E-state index is 10.5. The van der Waals surface area contributed by atoms with Gasteiger partial charge in [0, 0.05) is 13.2 Å². The molecule has 1 rings (SSSR count). The Bertz CT molecular complexity index is 173. The third-order valence-electron chi connectivity index (χ3n) is 2.01. The van der Waals surface area contributed by atoms with E-state index in [1.165, 1.54) is 0 Å². The van der Waals surface area contributed by atoms with Gasteiger partial charge in [0.25, 0.3) is 0 Å². The van der Waals surface area contributed by atoms with Crippen molar-refractivity contribution in [3.63, 3.8) is 0 Å². The number of nitrogens with one attached hydrogen (secondary N) is 1. The van der Waals surface area contributed by atoms with Crippen molar-refractivity contribution in [2.75, 3.05) is 19.7 Å². The molecule has 1 fully saturated rings. The highest BCUT2D eigenvalue weighted by molar-refractivity contribution is 5.64. The Labute approximate surface area is 77.6 Å². The van der Waals surface area contributed by atoms with Crippen molar-refractivity contribution in [3.05, 3.63) is 0 Å². The van der Waals surface area contributed by atoms with Crippen molar-refractivity contribution in [2.24, 2.45) is 5.73 Å². The summed E-state index contributed by atoms with van der Waals surface area (Å²) in [7, 11) is 0. The Morgan fingerprint density at radius 3 is 3.00 bits per heavy atom. The summed E-state index contributed by atoms with van der Waals surface area (Å²) in [5.41, 5.74) is 4.94. The Balaban J connectivity index is 2.41. The monoisotopic (exact) mass is 188 g/mol. The first-order valence-corrected chi connectivity index (χ1v) is 4.52. The van der Waals surface area contributed by atoms with Crippen molar-refractivity contribution < 1.29 is 14.3 Å². The van der Waals surface area contributed by atoms with Gasteiger partial charge in [-0.15, -0.1) is 0 Å². The van der Waals surface area contributed by atoms with E-state index in [9.17, 15) is 4.79 Å². The molecule has 2 atom stereocenters. The molecule has 5 heteroatoms. The van der Waals surface area contributed by atoms with Crippen molar-refractivity contribution in [1.82, 2.24) is 5.32 Å². The maximum Gasteiger partial charge on any atom is 0.404 e. The molecular formula is C8H16N2O3. The number of primary amides is 1. The van der Waals surface area contributed by atoms with E-state index in [-0.39, 0.29) is 12.2 Å². The molecule has 3 N–H and O–H groups in total. The normalized spacial score (nSPS) is 28.4. The van der Waals surface area contributed by atoms with Crippen LogP contribution < -0.4 is 11.1 Å². The van der Waals surface area contributed by atoms with E-state index in [0.717, 1.165) is 13.0 Å². The van der Waals surface area contributed by atoms with Crippen LogP contribution in [-0.4, -0.2) is 38.0 Å². The van der Waals surface area contributed by atoms with Crippen LogP contribution in [0.25, 0.3) is 0 Å². The third-order valence-corrected chi connectivity index (χ3v) is 2.01. The predicted molar refractivity (Wildman–Crippen MR) is 47.4 cm³/mol. The van der Waals surface area contributed by atoms with E-state index in [1.54, 1.807) is 0 Å². The topological polar surface area (TPSA) is 73.6 Å². The quantitative estimate of drug-likeness (QED) is 0.646. The molecule has 1 heterocycles. The summed E-state index contributed by atoms with van der Waals surface area (Å²) in [5, 5.41) is 3.17. The molecular weight excluding hydrogens is 172 g/mol. The second kappa shape index (κ2) is 5.04. The molecule has 76 valence electrons. The molecule has 1 aliphatic heterocycles. The molecule has 0 bridgehead atoms. The van der Waals surface area contributed by atoms with Crippen LogP contribution in [0.5, 0.6) is 0 Å². The van der Waals surface area contributed by atoms with Gasteiger partial charge in [-0.3, -0.25) is 0 Å². The fraction of sp³-hybridized carbons (Fsp3) is 0.875.